The zero-order valence-corrected chi connectivity index (χ0v) is 11.2. The van der Waals surface area contributed by atoms with E-state index in [1.807, 2.05) is 12.1 Å². The molecule has 1 atom stereocenters. The number of nitrogens with zero attached hydrogens (tertiary/aromatic N) is 1. The third kappa shape index (κ3) is 3.74. The van der Waals surface area contributed by atoms with E-state index in [-0.39, 0.29) is 0 Å². The molecule has 20 heavy (non-hydrogen) atoms. The van der Waals surface area contributed by atoms with Crippen molar-refractivity contribution in [1.29, 1.82) is 5.26 Å². The van der Waals surface area contributed by atoms with Gasteiger partial charge in [0.2, 0.25) is 6.10 Å². The third-order valence-corrected chi connectivity index (χ3v) is 2.75. The van der Waals surface area contributed by atoms with Crippen molar-refractivity contribution in [2.45, 2.75) is 6.10 Å². The molecule has 0 radical (unpaired) electrons. The fraction of sp³-hybridized carbons (Fsp3) is 0.0667. The Hall–Kier alpha value is -2.51. The minimum absolute atomic E-state index is 0.502. The topological polar surface area (TPSA) is 62.1 Å². The van der Waals surface area contributed by atoms with Crippen molar-refractivity contribution in [3.8, 4) is 6.07 Å². The van der Waals surface area contributed by atoms with Crippen LogP contribution in [-0.2, 0) is 4.74 Å². The Kier molecular flexibility index (Phi) is 4.59. The van der Waals surface area contributed by atoms with Crippen LogP contribution in [0.5, 0.6) is 0 Å². The van der Waals surface area contributed by atoms with Crippen molar-refractivity contribution in [2.24, 2.45) is 0 Å². The largest absolute Gasteiger partial charge is 0.426 e. The van der Waals surface area contributed by atoms with Crippen LogP contribution in [0.4, 0.5) is 10.5 Å². The highest BCUT2D eigenvalue weighted by molar-refractivity contribution is 6.30. The van der Waals surface area contributed by atoms with E-state index in [2.05, 4.69) is 5.32 Å². The molecule has 1 unspecified atom stereocenters. The van der Waals surface area contributed by atoms with Gasteiger partial charge in [0.15, 0.2) is 0 Å². The van der Waals surface area contributed by atoms with E-state index in [1.165, 1.54) is 0 Å². The molecule has 4 nitrogen and oxygen atoms in total. The Balaban J connectivity index is 2.02. The lowest BCUT2D eigenvalue weighted by atomic mass is 10.1. The van der Waals surface area contributed by atoms with E-state index < -0.39 is 12.2 Å². The van der Waals surface area contributed by atoms with Crippen LogP contribution < -0.4 is 5.32 Å². The molecule has 0 fully saturated rings. The molecular formula is C15H11ClN2O2. The number of anilines is 1. The van der Waals surface area contributed by atoms with Crippen LogP contribution in [0, 0.1) is 11.3 Å². The summed E-state index contributed by atoms with van der Waals surface area (Å²) in [6.07, 6.45) is -1.65. The Morgan fingerprint density at radius 2 is 1.95 bits per heavy atom. The molecule has 2 aromatic carbocycles. The minimum Gasteiger partial charge on any atom is -0.426 e. The van der Waals surface area contributed by atoms with Gasteiger partial charge in [0.25, 0.3) is 0 Å². The summed E-state index contributed by atoms with van der Waals surface area (Å²) in [5, 5.41) is 12.1. The molecule has 0 spiro atoms. The van der Waals surface area contributed by atoms with Crippen molar-refractivity contribution in [3.05, 3.63) is 65.2 Å². The fourth-order valence-electron chi connectivity index (χ4n) is 1.62. The first-order chi connectivity index (χ1) is 9.69. The number of hydrogen-bond donors (Lipinski definition) is 1. The van der Waals surface area contributed by atoms with E-state index >= 15 is 0 Å². The van der Waals surface area contributed by atoms with Crippen LogP contribution in [0.3, 0.4) is 0 Å². The molecule has 0 heterocycles. The number of halogens is 1. The molecule has 2 aromatic rings. The number of carbonyl (C=O) groups is 1. The van der Waals surface area contributed by atoms with Crippen LogP contribution in [0.25, 0.3) is 0 Å². The highest BCUT2D eigenvalue weighted by Crippen LogP contribution is 2.19. The molecule has 0 saturated carbocycles. The third-order valence-electron chi connectivity index (χ3n) is 2.52. The van der Waals surface area contributed by atoms with Crippen molar-refractivity contribution < 1.29 is 9.53 Å². The van der Waals surface area contributed by atoms with Crippen LogP contribution in [0.2, 0.25) is 5.02 Å². The molecule has 0 aliphatic heterocycles. The Morgan fingerprint density at radius 1 is 1.20 bits per heavy atom. The van der Waals surface area contributed by atoms with Gasteiger partial charge in [-0.15, -0.1) is 0 Å². The second-order valence-electron chi connectivity index (χ2n) is 3.96. The molecule has 0 saturated heterocycles. The van der Waals surface area contributed by atoms with E-state index in [1.54, 1.807) is 48.5 Å². The van der Waals surface area contributed by atoms with Gasteiger partial charge < -0.3 is 4.74 Å². The lowest BCUT2D eigenvalue weighted by molar-refractivity contribution is 0.137. The van der Waals surface area contributed by atoms with Gasteiger partial charge in [-0.25, -0.2) is 4.79 Å². The maximum Gasteiger partial charge on any atom is 0.413 e. The number of carbonyl (C=O) groups excluding carboxylic acids is 1. The van der Waals surface area contributed by atoms with Gasteiger partial charge in [0, 0.05) is 16.3 Å². The van der Waals surface area contributed by atoms with Gasteiger partial charge >= 0.3 is 6.09 Å². The van der Waals surface area contributed by atoms with E-state index in [4.69, 9.17) is 21.6 Å². The molecule has 100 valence electrons. The normalized spacial score (nSPS) is 11.2. The first kappa shape index (κ1) is 13.9. The average molecular weight is 287 g/mol. The molecule has 2 rings (SSSR count). The number of nitrogens with one attached hydrogen (secondary N) is 1. The zero-order valence-electron chi connectivity index (χ0n) is 10.4. The number of amides is 1. The fourth-order valence-corrected chi connectivity index (χ4v) is 1.81. The average Bonchev–Trinajstić information content (AvgIpc) is 2.45. The molecule has 0 bridgehead atoms. The molecule has 1 amide bonds. The van der Waals surface area contributed by atoms with Crippen molar-refractivity contribution in [1.82, 2.24) is 0 Å². The van der Waals surface area contributed by atoms with Gasteiger partial charge in [0.1, 0.15) is 6.07 Å². The second kappa shape index (κ2) is 6.60. The number of hydrogen-bond acceptors (Lipinski definition) is 3. The molecule has 1 N–H and O–H groups in total. The van der Waals surface area contributed by atoms with Gasteiger partial charge in [-0.3, -0.25) is 5.32 Å². The van der Waals surface area contributed by atoms with E-state index in [0.717, 1.165) is 0 Å². The highest BCUT2D eigenvalue weighted by Gasteiger charge is 2.15. The maximum atomic E-state index is 11.7. The smallest absolute Gasteiger partial charge is 0.413 e. The van der Waals surface area contributed by atoms with E-state index in [9.17, 15) is 4.79 Å². The van der Waals surface area contributed by atoms with Crippen LogP contribution in [-0.4, -0.2) is 6.09 Å². The molecule has 0 aromatic heterocycles. The zero-order chi connectivity index (χ0) is 14.4. The second-order valence-corrected chi connectivity index (χ2v) is 4.40. The number of rotatable bonds is 3. The quantitative estimate of drug-likeness (QED) is 0.922. The summed E-state index contributed by atoms with van der Waals surface area (Å²) in [7, 11) is 0. The predicted molar refractivity (Wildman–Crippen MR) is 76.4 cm³/mol. The lowest BCUT2D eigenvalue weighted by Gasteiger charge is -2.12. The Bertz CT molecular complexity index is 638. The summed E-state index contributed by atoms with van der Waals surface area (Å²) in [6, 6.07) is 17.4. The van der Waals surface area contributed by atoms with Crippen molar-refractivity contribution in [2.75, 3.05) is 5.32 Å². The molecule has 0 aliphatic carbocycles. The monoisotopic (exact) mass is 286 g/mol. The minimum atomic E-state index is -0.949. The van der Waals surface area contributed by atoms with Gasteiger partial charge in [-0.2, -0.15) is 5.26 Å². The van der Waals surface area contributed by atoms with E-state index in [0.29, 0.717) is 16.3 Å². The molecule has 0 aliphatic rings. The maximum absolute atomic E-state index is 11.7. The van der Waals surface area contributed by atoms with Crippen molar-refractivity contribution in [3.63, 3.8) is 0 Å². The van der Waals surface area contributed by atoms with Crippen LogP contribution in [0.15, 0.2) is 54.6 Å². The molecule has 5 heteroatoms. The van der Waals surface area contributed by atoms with Crippen LogP contribution >= 0.6 is 11.6 Å². The SMILES string of the molecule is N#CC(OC(=O)Nc1cccc(Cl)c1)c1ccccc1. The Labute approximate surface area is 121 Å². The summed E-state index contributed by atoms with van der Waals surface area (Å²) in [5.74, 6) is 0. The van der Waals surface area contributed by atoms with Gasteiger partial charge in [0.05, 0.1) is 0 Å². The summed E-state index contributed by atoms with van der Waals surface area (Å²) >= 11 is 5.81. The first-order valence-corrected chi connectivity index (χ1v) is 6.24. The summed E-state index contributed by atoms with van der Waals surface area (Å²) in [5.41, 5.74) is 1.13. The summed E-state index contributed by atoms with van der Waals surface area (Å²) in [6.45, 7) is 0. The summed E-state index contributed by atoms with van der Waals surface area (Å²) < 4.78 is 5.08. The van der Waals surface area contributed by atoms with Crippen LogP contribution in [0.1, 0.15) is 11.7 Å². The number of ether oxygens (including phenoxy) is 1. The first-order valence-electron chi connectivity index (χ1n) is 5.87. The Morgan fingerprint density at radius 3 is 2.60 bits per heavy atom. The van der Waals surface area contributed by atoms with Gasteiger partial charge in [-0.05, 0) is 18.2 Å². The number of benzene rings is 2. The van der Waals surface area contributed by atoms with Crippen molar-refractivity contribution >= 4 is 23.4 Å². The summed E-state index contributed by atoms with van der Waals surface area (Å²) in [4.78, 5) is 11.7. The lowest BCUT2D eigenvalue weighted by Crippen LogP contribution is -2.16. The number of nitriles is 1. The predicted octanol–water partition coefficient (Wildman–Crippen LogP) is 4.15. The van der Waals surface area contributed by atoms with Gasteiger partial charge in [-0.1, -0.05) is 48.0 Å². The highest BCUT2D eigenvalue weighted by atomic mass is 35.5. The molecular weight excluding hydrogens is 276 g/mol. The standard InChI is InChI=1S/C15H11ClN2O2/c16-12-7-4-8-13(9-12)18-15(19)20-14(10-17)11-5-2-1-3-6-11/h1-9,14H,(H,18,19).